The first kappa shape index (κ1) is 7.89. The Morgan fingerprint density at radius 2 is 2.10 bits per heavy atom. The number of nitrogens with zero attached hydrogens (tertiary/aromatic N) is 1. The lowest BCUT2D eigenvalue weighted by Gasteiger charge is -2.17. The van der Waals surface area contributed by atoms with Gasteiger partial charge in [-0.25, -0.2) is 4.99 Å². The minimum absolute atomic E-state index is 0.359. The molecule has 1 atom stereocenters. The molecule has 2 nitrogen and oxygen atoms in total. The van der Waals surface area contributed by atoms with Crippen molar-refractivity contribution in [3.05, 3.63) is 10.7 Å². The minimum atomic E-state index is -0.359. The van der Waals surface area contributed by atoms with Crippen molar-refractivity contribution in [3.8, 4) is 0 Å². The van der Waals surface area contributed by atoms with Crippen molar-refractivity contribution in [2.24, 2.45) is 4.99 Å². The lowest BCUT2D eigenvalue weighted by atomic mass is 10.3. The summed E-state index contributed by atoms with van der Waals surface area (Å²) in [6.07, 6.45) is 0. The van der Waals surface area contributed by atoms with E-state index in [-0.39, 0.29) is 5.62 Å². The van der Waals surface area contributed by atoms with E-state index in [1.54, 1.807) is 0 Å². The van der Waals surface area contributed by atoms with Gasteiger partial charge in [0.25, 0.3) is 0 Å². The van der Waals surface area contributed by atoms with Crippen LogP contribution in [0.4, 0.5) is 0 Å². The van der Waals surface area contributed by atoms with E-state index < -0.39 is 0 Å². The fourth-order valence-corrected chi connectivity index (χ4v) is 1.19. The summed E-state index contributed by atoms with van der Waals surface area (Å²) in [6, 6.07) is 0. The summed E-state index contributed by atoms with van der Waals surface area (Å²) in [5.41, 5.74) is 1.31. The normalized spacial score (nSPS) is 26.0. The first-order valence-corrected chi connectivity index (χ1v) is 3.74. The van der Waals surface area contributed by atoms with Crippen LogP contribution in [0.1, 0.15) is 13.8 Å². The van der Waals surface area contributed by atoms with Crippen LogP contribution in [0.15, 0.2) is 15.7 Å². The predicted octanol–water partition coefficient (Wildman–Crippen LogP) is 2.04. The summed E-state index contributed by atoms with van der Waals surface area (Å²) >= 11 is 11.5. The molecule has 1 rings (SSSR count). The molecule has 0 radical (unpaired) electrons. The van der Waals surface area contributed by atoms with Crippen LogP contribution in [0.3, 0.4) is 0 Å². The van der Waals surface area contributed by atoms with E-state index in [0.717, 1.165) is 11.4 Å². The highest BCUT2D eigenvalue weighted by atomic mass is 35.5. The zero-order valence-corrected chi connectivity index (χ0v) is 7.29. The second kappa shape index (κ2) is 2.81. The molecule has 0 fully saturated rings. The van der Waals surface area contributed by atoms with Crippen molar-refractivity contribution in [1.82, 2.24) is 5.32 Å². The van der Waals surface area contributed by atoms with E-state index in [1.807, 2.05) is 13.8 Å². The topological polar surface area (TPSA) is 24.4 Å². The molecular formula is C6H8Cl2N2. The van der Waals surface area contributed by atoms with Crippen molar-refractivity contribution in [3.63, 3.8) is 0 Å². The number of rotatable bonds is 0. The highest BCUT2D eigenvalue weighted by Gasteiger charge is 2.13. The Labute approximate surface area is 69.9 Å². The van der Waals surface area contributed by atoms with Gasteiger partial charge in [0.15, 0.2) is 5.62 Å². The van der Waals surface area contributed by atoms with Crippen molar-refractivity contribution in [1.29, 1.82) is 0 Å². The van der Waals surface area contributed by atoms with Gasteiger partial charge in [-0.3, -0.25) is 0 Å². The number of nitrogens with one attached hydrogen (secondary N) is 1. The third-order valence-corrected chi connectivity index (χ3v) is 2.05. The SMILES string of the molecule is CC1=NC(Cl)NC(C)=C1Cl. The first-order valence-electron chi connectivity index (χ1n) is 2.93. The van der Waals surface area contributed by atoms with Crippen molar-refractivity contribution < 1.29 is 0 Å². The van der Waals surface area contributed by atoms with Gasteiger partial charge < -0.3 is 5.32 Å². The molecule has 1 N–H and O–H groups in total. The molecule has 0 bridgehead atoms. The molecule has 0 aromatic heterocycles. The number of aliphatic imine (C=N–C) groups is 1. The number of alkyl halides is 1. The summed E-state index contributed by atoms with van der Waals surface area (Å²) in [4.78, 5) is 4.00. The number of allylic oxidation sites excluding steroid dienone is 2. The second-order valence-corrected chi connectivity index (χ2v) is 2.92. The van der Waals surface area contributed by atoms with Crippen LogP contribution < -0.4 is 5.32 Å². The smallest absolute Gasteiger partial charge is 0.195 e. The fraction of sp³-hybridized carbons (Fsp3) is 0.500. The molecule has 0 saturated heterocycles. The van der Waals surface area contributed by atoms with Crippen LogP contribution in [0, 0.1) is 0 Å². The standard InChI is InChI=1S/C6H8Cl2N2/c1-3-5(7)4(2)10-6(8)9-3/h6,9H,1-2H3. The number of halogens is 2. The second-order valence-electron chi connectivity index (χ2n) is 2.13. The van der Waals surface area contributed by atoms with Gasteiger partial charge in [-0.1, -0.05) is 23.2 Å². The van der Waals surface area contributed by atoms with E-state index in [4.69, 9.17) is 23.2 Å². The Morgan fingerprint density at radius 3 is 2.60 bits per heavy atom. The number of hydrogen-bond acceptors (Lipinski definition) is 2. The van der Waals surface area contributed by atoms with Gasteiger partial charge in [0.05, 0.1) is 10.7 Å². The van der Waals surface area contributed by atoms with E-state index >= 15 is 0 Å². The summed E-state index contributed by atoms with van der Waals surface area (Å²) in [5, 5.41) is 3.55. The molecule has 0 aromatic rings. The van der Waals surface area contributed by atoms with Gasteiger partial charge in [0.2, 0.25) is 0 Å². The summed E-state index contributed by atoms with van der Waals surface area (Å²) < 4.78 is 0. The molecule has 0 saturated carbocycles. The van der Waals surface area contributed by atoms with Gasteiger partial charge in [-0.15, -0.1) is 0 Å². The first-order chi connectivity index (χ1) is 4.61. The van der Waals surface area contributed by atoms with E-state index in [9.17, 15) is 0 Å². The molecule has 0 aromatic carbocycles. The van der Waals surface area contributed by atoms with Crippen LogP contribution >= 0.6 is 23.2 Å². The molecule has 56 valence electrons. The lowest BCUT2D eigenvalue weighted by molar-refractivity contribution is 0.749. The van der Waals surface area contributed by atoms with Crippen molar-refractivity contribution in [2.75, 3.05) is 0 Å². The molecular weight excluding hydrogens is 171 g/mol. The molecule has 0 aliphatic carbocycles. The van der Waals surface area contributed by atoms with Gasteiger partial charge in [0, 0.05) is 5.70 Å². The molecule has 1 heterocycles. The molecule has 1 aliphatic heterocycles. The summed E-state index contributed by atoms with van der Waals surface area (Å²) in [6.45, 7) is 3.71. The Hall–Kier alpha value is -0.210. The van der Waals surface area contributed by atoms with Crippen molar-refractivity contribution >= 4 is 28.9 Å². The van der Waals surface area contributed by atoms with Crippen molar-refractivity contribution in [2.45, 2.75) is 19.5 Å². The molecule has 10 heavy (non-hydrogen) atoms. The Kier molecular flexibility index (Phi) is 2.21. The molecule has 1 unspecified atom stereocenters. The Bertz CT molecular complexity index is 208. The molecule has 1 aliphatic rings. The third kappa shape index (κ3) is 1.44. The van der Waals surface area contributed by atoms with E-state index in [2.05, 4.69) is 10.3 Å². The maximum absolute atomic E-state index is 5.81. The number of hydrogen-bond donors (Lipinski definition) is 1. The highest BCUT2D eigenvalue weighted by Crippen LogP contribution is 2.16. The Balaban J connectivity index is 2.90. The van der Waals surface area contributed by atoms with E-state index in [1.165, 1.54) is 0 Å². The van der Waals surface area contributed by atoms with Crippen LogP contribution in [0.25, 0.3) is 0 Å². The average molecular weight is 179 g/mol. The lowest BCUT2D eigenvalue weighted by Crippen LogP contribution is -2.26. The zero-order chi connectivity index (χ0) is 7.72. The predicted molar refractivity (Wildman–Crippen MR) is 44.4 cm³/mol. The summed E-state index contributed by atoms with van der Waals surface area (Å²) in [7, 11) is 0. The fourth-order valence-electron chi connectivity index (χ4n) is 0.772. The van der Waals surface area contributed by atoms with Crippen LogP contribution in [0.5, 0.6) is 0 Å². The van der Waals surface area contributed by atoms with Crippen LogP contribution in [-0.4, -0.2) is 11.3 Å². The van der Waals surface area contributed by atoms with Gasteiger partial charge in [0.1, 0.15) is 0 Å². The van der Waals surface area contributed by atoms with Crippen LogP contribution in [-0.2, 0) is 0 Å². The largest absolute Gasteiger partial charge is 0.354 e. The monoisotopic (exact) mass is 178 g/mol. The summed E-state index contributed by atoms with van der Waals surface area (Å²) in [5.74, 6) is 0. The highest BCUT2D eigenvalue weighted by molar-refractivity contribution is 6.44. The maximum atomic E-state index is 5.81. The maximum Gasteiger partial charge on any atom is 0.195 e. The molecule has 0 spiro atoms. The Morgan fingerprint density at radius 1 is 1.50 bits per heavy atom. The van der Waals surface area contributed by atoms with Crippen LogP contribution in [0.2, 0.25) is 0 Å². The zero-order valence-electron chi connectivity index (χ0n) is 5.78. The minimum Gasteiger partial charge on any atom is -0.354 e. The van der Waals surface area contributed by atoms with Gasteiger partial charge in [-0.2, -0.15) is 0 Å². The average Bonchev–Trinajstić information content (AvgIpc) is 1.82. The molecule has 4 heteroatoms. The quantitative estimate of drug-likeness (QED) is 0.446. The van der Waals surface area contributed by atoms with Gasteiger partial charge >= 0.3 is 0 Å². The molecule has 0 amide bonds. The third-order valence-electron chi connectivity index (χ3n) is 1.29. The van der Waals surface area contributed by atoms with E-state index in [0.29, 0.717) is 5.03 Å². The van der Waals surface area contributed by atoms with Gasteiger partial charge in [-0.05, 0) is 13.8 Å².